The smallest absolute Gasteiger partial charge is 0.264 e. The Morgan fingerprint density at radius 3 is 2.21 bits per heavy atom. The Morgan fingerprint density at radius 1 is 0.923 bits per heavy atom. The van der Waals surface area contributed by atoms with E-state index in [9.17, 15) is 18.0 Å². The molecule has 0 aliphatic carbocycles. The summed E-state index contributed by atoms with van der Waals surface area (Å²) in [6.45, 7) is 7.00. The molecule has 2 amide bonds. The second-order valence-corrected chi connectivity index (χ2v) is 12.2. The van der Waals surface area contributed by atoms with Crippen LogP contribution in [0.1, 0.15) is 38.3 Å². The van der Waals surface area contributed by atoms with Gasteiger partial charge in [0, 0.05) is 22.6 Å². The number of carbonyl (C=O) groups excluding carboxylic acids is 2. The van der Waals surface area contributed by atoms with E-state index in [1.165, 1.54) is 35.2 Å². The van der Waals surface area contributed by atoms with E-state index in [1.807, 2.05) is 45.0 Å². The van der Waals surface area contributed by atoms with Crippen LogP contribution in [0.15, 0.2) is 77.7 Å². The van der Waals surface area contributed by atoms with Crippen LogP contribution in [0, 0.1) is 6.92 Å². The van der Waals surface area contributed by atoms with Crippen molar-refractivity contribution < 1.29 is 18.0 Å². The molecule has 0 heterocycles. The van der Waals surface area contributed by atoms with Gasteiger partial charge in [0.15, 0.2) is 0 Å². The number of halogens is 2. The molecule has 7 nitrogen and oxygen atoms in total. The van der Waals surface area contributed by atoms with Gasteiger partial charge in [0.2, 0.25) is 11.8 Å². The molecule has 1 N–H and O–H groups in total. The van der Waals surface area contributed by atoms with E-state index in [4.69, 9.17) is 23.2 Å². The maximum Gasteiger partial charge on any atom is 0.264 e. The van der Waals surface area contributed by atoms with Crippen molar-refractivity contribution in [3.63, 3.8) is 0 Å². The van der Waals surface area contributed by atoms with Crippen molar-refractivity contribution in [1.82, 2.24) is 10.2 Å². The van der Waals surface area contributed by atoms with Gasteiger partial charge in [-0.2, -0.15) is 0 Å². The zero-order chi connectivity index (χ0) is 28.7. The van der Waals surface area contributed by atoms with Gasteiger partial charge >= 0.3 is 0 Å². The fourth-order valence-electron chi connectivity index (χ4n) is 3.95. The number of amides is 2. The van der Waals surface area contributed by atoms with Crippen molar-refractivity contribution in [2.75, 3.05) is 10.8 Å². The maximum absolute atomic E-state index is 13.9. The Balaban J connectivity index is 2.03. The minimum atomic E-state index is -4.20. The summed E-state index contributed by atoms with van der Waals surface area (Å²) in [5.41, 5.74) is 2.04. The van der Waals surface area contributed by atoms with Crippen LogP contribution in [0.2, 0.25) is 10.0 Å². The maximum atomic E-state index is 13.9. The molecule has 10 heteroatoms. The molecule has 0 fully saturated rings. The first-order valence-corrected chi connectivity index (χ1v) is 14.8. The number of anilines is 1. The van der Waals surface area contributed by atoms with Crippen LogP contribution in [0.5, 0.6) is 0 Å². The highest BCUT2D eigenvalue weighted by atomic mass is 35.5. The van der Waals surface area contributed by atoms with E-state index in [0.29, 0.717) is 10.0 Å². The predicted molar refractivity (Wildman–Crippen MR) is 157 cm³/mol. The minimum absolute atomic E-state index is 0.0347. The molecule has 208 valence electrons. The van der Waals surface area contributed by atoms with Gasteiger partial charge in [-0.25, -0.2) is 8.42 Å². The zero-order valence-corrected chi connectivity index (χ0v) is 24.7. The molecule has 3 aromatic carbocycles. The summed E-state index contributed by atoms with van der Waals surface area (Å²) in [6.07, 6.45) is 0.728. The first kappa shape index (κ1) is 30.5. The molecule has 0 aliphatic rings. The van der Waals surface area contributed by atoms with Gasteiger partial charge in [-0.05, 0) is 75.2 Å². The molecule has 0 saturated heterocycles. The van der Waals surface area contributed by atoms with Crippen LogP contribution in [-0.4, -0.2) is 43.8 Å². The van der Waals surface area contributed by atoms with Crippen molar-refractivity contribution in [3.8, 4) is 0 Å². The number of hydrogen-bond acceptors (Lipinski definition) is 4. The average molecular weight is 591 g/mol. The number of carbonyl (C=O) groups is 2. The summed E-state index contributed by atoms with van der Waals surface area (Å²) in [6, 6.07) is 18.6. The van der Waals surface area contributed by atoms with Crippen molar-refractivity contribution >= 4 is 50.7 Å². The summed E-state index contributed by atoms with van der Waals surface area (Å²) in [4.78, 5) is 28.4. The molecule has 3 rings (SSSR count). The Kier molecular flexibility index (Phi) is 10.4. The molecule has 0 aliphatic heterocycles. The SMILES string of the molecule is CC[C@H](C)NC(=O)[C@@H](C)N(Cc1cccc(C)c1)C(=O)CN(c1cccc(Cl)c1)S(=O)(=O)c1ccc(Cl)cc1. The first-order valence-electron chi connectivity index (χ1n) is 12.6. The molecular formula is C29H33Cl2N3O4S. The molecule has 0 spiro atoms. The lowest BCUT2D eigenvalue weighted by molar-refractivity contribution is -0.139. The van der Waals surface area contributed by atoms with Crippen molar-refractivity contribution in [2.24, 2.45) is 0 Å². The van der Waals surface area contributed by atoms with E-state index in [2.05, 4.69) is 5.32 Å². The van der Waals surface area contributed by atoms with Gasteiger partial charge in [0.1, 0.15) is 12.6 Å². The Morgan fingerprint density at radius 2 is 1.59 bits per heavy atom. The van der Waals surface area contributed by atoms with Gasteiger partial charge < -0.3 is 10.2 Å². The third kappa shape index (κ3) is 7.97. The number of nitrogens with zero attached hydrogens (tertiary/aromatic N) is 2. The summed E-state index contributed by atoms with van der Waals surface area (Å²) in [5, 5.41) is 3.61. The van der Waals surface area contributed by atoms with Gasteiger partial charge in [-0.3, -0.25) is 13.9 Å². The number of rotatable bonds is 11. The third-order valence-electron chi connectivity index (χ3n) is 6.38. The zero-order valence-electron chi connectivity index (χ0n) is 22.4. The van der Waals surface area contributed by atoms with Gasteiger partial charge in [-0.1, -0.05) is 66.0 Å². The number of aryl methyl sites for hydroxylation is 1. The van der Waals surface area contributed by atoms with Crippen LogP contribution >= 0.6 is 23.2 Å². The highest BCUT2D eigenvalue weighted by molar-refractivity contribution is 7.92. The molecule has 2 atom stereocenters. The lowest BCUT2D eigenvalue weighted by Gasteiger charge is -2.32. The van der Waals surface area contributed by atoms with Gasteiger partial charge in [0.25, 0.3) is 10.0 Å². The Labute approximate surface area is 240 Å². The molecule has 0 bridgehead atoms. The van der Waals surface area contributed by atoms with Crippen molar-refractivity contribution in [3.05, 3.63) is 94.0 Å². The summed E-state index contributed by atoms with van der Waals surface area (Å²) >= 11 is 12.2. The normalized spacial score (nSPS) is 12.9. The molecule has 3 aromatic rings. The molecule has 0 radical (unpaired) electrons. The van der Waals surface area contributed by atoms with E-state index >= 15 is 0 Å². The number of nitrogens with one attached hydrogen (secondary N) is 1. The summed E-state index contributed by atoms with van der Waals surface area (Å²) in [7, 11) is -4.20. The third-order valence-corrected chi connectivity index (χ3v) is 8.66. The highest BCUT2D eigenvalue weighted by Gasteiger charge is 2.33. The van der Waals surface area contributed by atoms with E-state index in [1.54, 1.807) is 25.1 Å². The highest BCUT2D eigenvalue weighted by Crippen LogP contribution is 2.27. The first-order chi connectivity index (χ1) is 18.4. The number of hydrogen-bond donors (Lipinski definition) is 1. The van der Waals surface area contributed by atoms with Gasteiger partial charge in [0.05, 0.1) is 10.6 Å². The fraction of sp³-hybridized carbons (Fsp3) is 0.310. The lowest BCUT2D eigenvalue weighted by Crippen LogP contribution is -2.52. The monoisotopic (exact) mass is 589 g/mol. The average Bonchev–Trinajstić information content (AvgIpc) is 2.89. The van der Waals surface area contributed by atoms with Crippen LogP contribution < -0.4 is 9.62 Å². The quantitative estimate of drug-likeness (QED) is 0.305. The van der Waals surface area contributed by atoms with E-state index in [0.717, 1.165) is 21.9 Å². The largest absolute Gasteiger partial charge is 0.352 e. The van der Waals surface area contributed by atoms with Crippen molar-refractivity contribution in [1.29, 1.82) is 0 Å². The fourth-order valence-corrected chi connectivity index (χ4v) is 5.67. The number of sulfonamides is 1. The standard InChI is InChI=1S/C29H33Cl2N3O4S/c1-5-21(3)32-29(36)22(4)33(18-23-9-6-8-20(2)16-23)28(35)19-34(26-11-7-10-25(31)17-26)39(37,38)27-14-12-24(30)13-15-27/h6-17,21-22H,5,18-19H2,1-4H3,(H,32,36)/t21-,22+/m0/s1. The second kappa shape index (κ2) is 13.3. The van der Waals surface area contributed by atoms with Crippen LogP contribution in [0.3, 0.4) is 0 Å². The topological polar surface area (TPSA) is 86.8 Å². The molecule has 0 aromatic heterocycles. The van der Waals surface area contributed by atoms with Gasteiger partial charge in [-0.15, -0.1) is 0 Å². The lowest BCUT2D eigenvalue weighted by atomic mass is 10.1. The van der Waals surface area contributed by atoms with E-state index in [-0.39, 0.29) is 29.1 Å². The number of benzene rings is 3. The Bertz CT molecular complexity index is 1410. The van der Waals surface area contributed by atoms with Crippen LogP contribution in [0.25, 0.3) is 0 Å². The minimum Gasteiger partial charge on any atom is -0.352 e. The summed E-state index contributed by atoms with van der Waals surface area (Å²) in [5.74, 6) is -0.860. The summed E-state index contributed by atoms with van der Waals surface area (Å²) < 4.78 is 28.6. The van der Waals surface area contributed by atoms with Crippen molar-refractivity contribution in [2.45, 2.75) is 57.6 Å². The van der Waals surface area contributed by atoms with E-state index < -0.39 is 28.5 Å². The molecule has 39 heavy (non-hydrogen) atoms. The van der Waals surface area contributed by atoms with Crippen LogP contribution in [-0.2, 0) is 26.2 Å². The second-order valence-electron chi connectivity index (χ2n) is 9.45. The predicted octanol–water partition coefficient (Wildman–Crippen LogP) is 5.83. The molecular weight excluding hydrogens is 557 g/mol. The molecule has 0 unspecified atom stereocenters. The Hall–Kier alpha value is -3.07. The van der Waals surface area contributed by atoms with Crippen LogP contribution in [0.4, 0.5) is 5.69 Å². The molecule has 0 saturated carbocycles.